The van der Waals surface area contributed by atoms with Gasteiger partial charge in [0.2, 0.25) is 5.91 Å². The molecular formula is C17H15FN4O2S. The van der Waals surface area contributed by atoms with Crippen LogP contribution in [0.4, 0.5) is 10.1 Å². The van der Waals surface area contributed by atoms with Crippen LogP contribution < -0.4 is 10.9 Å². The van der Waals surface area contributed by atoms with Crippen LogP contribution in [0.5, 0.6) is 0 Å². The lowest BCUT2D eigenvalue weighted by molar-refractivity contribution is -0.117. The third kappa shape index (κ3) is 2.93. The number of hydrogen-bond acceptors (Lipinski definition) is 5. The fourth-order valence-corrected chi connectivity index (χ4v) is 4.30. The van der Waals surface area contributed by atoms with E-state index in [0.29, 0.717) is 10.2 Å². The number of nitrogens with zero attached hydrogens (tertiary/aromatic N) is 3. The summed E-state index contributed by atoms with van der Waals surface area (Å²) in [5.74, 6) is -1.05. The number of halogens is 1. The van der Waals surface area contributed by atoms with Crippen molar-refractivity contribution in [3.05, 3.63) is 50.9 Å². The average Bonchev–Trinajstić information content (AvgIpc) is 2.99. The van der Waals surface area contributed by atoms with Crippen molar-refractivity contribution in [1.29, 1.82) is 0 Å². The molecule has 25 heavy (non-hydrogen) atoms. The molecule has 6 nitrogen and oxygen atoms in total. The van der Waals surface area contributed by atoms with Gasteiger partial charge in [0.15, 0.2) is 4.83 Å². The molecule has 128 valence electrons. The van der Waals surface area contributed by atoms with Crippen LogP contribution >= 0.6 is 11.3 Å². The van der Waals surface area contributed by atoms with E-state index in [0.717, 1.165) is 35.9 Å². The van der Waals surface area contributed by atoms with Gasteiger partial charge in [0.1, 0.15) is 12.4 Å². The zero-order chi connectivity index (χ0) is 17.4. The number of benzene rings is 1. The van der Waals surface area contributed by atoms with E-state index in [1.165, 1.54) is 34.4 Å². The first kappa shape index (κ1) is 15.9. The predicted molar refractivity (Wildman–Crippen MR) is 93.3 cm³/mol. The Kier molecular flexibility index (Phi) is 4.04. The number of hydrogen-bond donors (Lipinski definition) is 1. The minimum atomic E-state index is -0.531. The SMILES string of the molecule is O=C(Cn1nnc2sc3c(c2c1=O)CCCC3)Nc1ccccc1F. The quantitative estimate of drug-likeness (QED) is 0.780. The Morgan fingerprint density at radius 3 is 2.92 bits per heavy atom. The zero-order valence-corrected chi connectivity index (χ0v) is 14.1. The molecule has 1 amide bonds. The van der Waals surface area contributed by atoms with Gasteiger partial charge in [-0.3, -0.25) is 9.59 Å². The fraction of sp³-hybridized carbons (Fsp3) is 0.294. The number of nitrogens with one attached hydrogen (secondary N) is 1. The third-order valence-electron chi connectivity index (χ3n) is 4.29. The molecule has 1 aliphatic rings. The minimum absolute atomic E-state index is 0.0718. The van der Waals surface area contributed by atoms with E-state index in [1.807, 2.05) is 0 Å². The summed E-state index contributed by atoms with van der Waals surface area (Å²) < 4.78 is 14.7. The lowest BCUT2D eigenvalue weighted by atomic mass is 9.97. The third-order valence-corrected chi connectivity index (χ3v) is 5.46. The normalized spacial score (nSPS) is 13.6. The Balaban J connectivity index is 1.63. The molecular weight excluding hydrogens is 343 g/mol. The second-order valence-electron chi connectivity index (χ2n) is 5.97. The second kappa shape index (κ2) is 6.36. The Morgan fingerprint density at radius 2 is 2.08 bits per heavy atom. The maximum atomic E-state index is 13.6. The van der Waals surface area contributed by atoms with Crippen LogP contribution in [0.15, 0.2) is 29.1 Å². The summed E-state index contributed by atoms with van der Waals surface area (Å²) >= 11 is 1.51. The van der Waals surface area contributed by atoms with Crippen LogP contribution in [-0.4, -0.2) is 20.9 Å². The topological polar surface area (TPSA) is 76.9 Å². The molecule has 0 atom stereocenters. The first-order chi connectivity index (χ1) is 12.1. The summed E-state index contributed by atoms with van der Waals surface area (Å²) in [7, 11) is 0. The van der Waals surface area contributed by atoms with Gasteiger partial charge in [-0.15, -0.1) is 16.4 Å². The van der Waals surface area contributed by atoms with Crippen molar-refractivity contribution in [2.45, 2.75) is 32.2 Å². The van der Waals surface area contributed by atoms with Gasteiger partial charge < -0.3 is 5.32 Å². The van der Waals surface area contributed by atoms with Crippen LogP contribution in [-0.2, 0) is 24.2 Å². The highest BCUT2D eigenvalue weighted by atomic mass is 32.1. The van der Waals surface area contributed by atoms with E-state index < -0.39 is 11.7 Å². The van der Waals surface area contributed by atoms with Gasteiger partial charge in [0.05, 0.1) is 11.1 Å². The number of amides is 1. The molecule has 1 aromatic carbocycles. The summed E-state index contributed by atoms with van der Waals surface area (Å²) in [6.45, 7) is -0.305. The maximum absolute atomic E-state index is 13.6. The summed E-state index contributed by atoms with van der Waals surface area (Å²) in [5, 5.41) is 11.0. The molecule has 2 aromatic heterocycles. The Labute approximate surface area is 146 Å². The van der Waals surface area contributed by atoms with Crippen molar-refractivity contribution in [3.63, 3.8) is 0 Å². The Hall–Kier alpha value is -2.61. The molecule has 4 rings (SSSR count). The molecule has 0 saturated heterocycles. The minimum Gasteiger partial charge on any atom is -0.322 e. The summed E-state index contributed by atoms with van der Waals surface area (Å²) in [6.07, 6.45) is 3.99. The van der Waals surface area contributed by atoms with Gasteiger partial charge >= 0.3 is 0 Å². The molecule has 0 radical (unpaired) electrons. The molecule has 0 spiro atoms. The average molecular weight is 358 g/mol. The van der Waals surface area contributed by atoms with E-state index in [9.17, 15) is 14.0 Å². The smallest absolute Gasteiger partial charge is 0.279 e. The number of aromatic nitrogens is 3. The van der Waals surface area contributed by atoms with Crippen molar-refractivity contribution in [2.24, 2.45) is 0 Å². The highest BCUT2D eigenvalue weighted by Crippen LogP contribution is 2.33. The molecule has 2 heterocycles. The molecule has 1 N–H and O–H groups in total. The van der Waals surface area contributed by atoms with Gasteiger partial charge in [-0.25, -0.2) is 9.07 Å². The fourth-order valence-electron chi connectivity index (χ4n) is 3.10. The van der Waals surface area contributed by atoms with Crippen LogP contribution in [0.2, 0.25) is 0 Å². The van der Waals surface area contributed by atoms with Gasteiger partial charge in [-0.1, -0.05) is 17.3 Å². The number of carbonyl (C=O) groups is 1. The number of thiophene rings is 1. The van der Waals surface area contributed by atoms with Crippen LogP contribution in [0, 0.1) is 5.82 Å². The highest BCUT2D eigenvalue weighted by Gasteiger charge is 2.21. The van der Waals surface area contributed by atoms with Crippen LogP contribution in [0.25, 0.3) is 10.2 Å². The second-order valence-corrected chi connectivity index (χ2v) is 7.05. The molecule has 0 unspecified atom stereocenters. The summed E-state index contributed by atoms with van der Waals surface area (Å²) in [4.78, 5) is 26.7. The molecule has 0 aliphatic heterocycles. The molecule has 3 aromatic rings. The number of rotatable bonds is 3. The van der Waals surface area contributed by atoms with E-state index in [1.54, 1.807) is 6.07 Å². The number of anilines is 1. The monoisotopic (exact) mass is 358 g/mol. The van der Waals surface area contributed by atoms with Gasteiger partial charge in [-0.2, -0.15) is 0 Å². The number of aryl methyl sites for hydroxylation is 2. The molecule has 8 heteroatoms. The number of carbonyl (C=O) groups excluding carboxylic acids is 1. The van der Waals surface area contributed by atoms with Crippen molar-refractivity contribution in [2.75, 3.05) is 5.32 Å². The summed E-state index contributed by atoms with van der Waals surface area (Å²) in [5.41, 5.74) is 0.810. The lowest BCUT2D eigenvalue weighted by Crippen LogP contribution is -2.30. The Bertz CT molecular complexity index is 1030. The van der Waals surface area contributed by atoms with Crippen LogP contribution in [0.1, 0.15) is 23.3 Å². The molecule has 0 saturated carbocycles. The van der Waals surface area contributed by atoms with Gasteiger partial charge in [0, 0.05) is 4.88 Å². The standard InChI is InChI=1S/C17H15FN4O2S/c18-11-6-2-3-7-12(11)19-14(23)9-22-17(24)15-10-5-1-4-8-13(10)25-16(15)20-21-22/h2-3,6-7H,1,4-5,8-9H2,(H,19,23). The van der Waals surface area contributed by atoms with E-state index in [2.05, 4.69) is 15.6 Å². The first-order valence-corrected chi connectivity index (χ1v) is 8.87. The molecule has 0 bridgehead atoms. The number of para-hydroxylation sites is 1. The summed E-state index contributed by atoms with van der Waals surface area (Å²) in [6, 6.07) is 5.87. The maximum Gasteiger partial charge on any atom is 0.279 e. The Morgan fingerprint density at radius 1 is 1.28 bits per heavy atom. The van der Waals surface area contributed by atoms with Crippen molar-refractivity contribution in [3.8, 4) is 0 Å². The van der Waals surface area contributed by atoms with E-state index in [4.69, 9.17) is 0 Å². The lowest BCUT2D eigenvalue weighted by Gasteiger charge is -2.10. The largest absolute Gasteiger partial charge is 0.322 e. The van der Waals surface area contributed by atoms with E-state index >= 15 is 0 Å². The first-order valence-electron chi connectivity index (χ1n) is 8.06. The molecule has 0 fully saturated rings. The van der Waals surface area contributed by atoms with Crippen molar-refractivity contribution in [1.82, 2.24) is 15.0 Å². The predicted octanol–water partition coefficient (Wildman–Crippen LogP) is 2.51. The van der Waals surface area contributed by atoms with Gasteiger partial charge in [0.25, 0.3) is 5.56 Å². The van der Waals surface area contributed by atoms with E-state index in [-0.39, 0.29) is 17.8 Å². The molecule has 1 aliphatic carbocycles. The van der Waals surface area contributed by atoms with Crippen LogP contribution in [0.3, 0.4) is 0 Å². The van der Waals surface area contributed by atoms with Crippen molar-refractivity contribution < 1.29 is 9.18 Å². The van der Waals surface area contributed by atoms with Crippen molar-refractivity contribution >= 4 is 33.1 Å². The van der Waals surface area contributed by atoms with Gasteiger partial charge in [-0.05, 0) is 43.4 Å². The number of fused-ring (bicyclic) bond motifs is 3. The highest BCUT2D eigenvalue weighted by molar-refractivity contribution is 7.18. The zero-order valence-electron chi connectivity index (χ0n) is 13.3.